The smallest absolute Gasteiger partial charge is 0.251 e. The number of nitrogens with zero attached hydrogens (tertiary/aromatic N) is 4. The predicted octanol–water partition coefficient (Wildman–Crippen LogP) is 6.30. The first-order chi connectivity index (χ1) is 23.7. The number of aliphatic hydroxyl groups excluding tert-OH is 1. The lowest BCUT2D eigenvalue weighted by Crippen LogP contribution is -2.55. The fourth-order valence-corrected chi connectivity index (χ4v) is 10.8. The number of thioether (sulfide) groups is 1. The third kappa shape index (κ3) is 7.07. The molecule has 2 unspecified atom stereocenters. The number of carbonyl (C=O) groups excluding carboxylic acids is 3. The Kier molecular flexibility index (Phi) is 12.0. The third-order valence-corrected chi connectivity index (χ3v) is 12.8. The van der Waals surface area contributed by atoms with E-state index >= 15 is 4.79 Å². The van der Waals surface area contributed by atoms with Gasteiger partial charge in [0.1, 0.15) is 6.04 Å². The Hall–Kier alpha value is -3.56. The molecule has 0 saturated carbocycles. The number of benzene rings is 2. The van der Waals surface area contributed by atoms with Crippen LogP contribution in [-0.4, -0.2) is 87.5 Å². The van der Waals surface area contributed by atoms with Crippen molar-refractivity contribution in [3.63, 3.8) is 0 Å². The molecule has 5 rings (SSSR count). The maximum atomic E-state index is 15.1. The van der Waals surface area contributed by atoms with Gasteiger partial charge in [-0.2, -0.15) is 0 Å². The number of rotatable bonds is 18. The van der Waals surface area contributed by atoms with Gasteiger partial charge in [-0.1, -0.05) is 55.3 Å². The Labute approximate surface area is 297 Å². The highest BCUT2D eigenvalue weighted by Crippen LogP contribution is 2.71. The monoisotopic (exact) mass is 686 g/mol. The van der Waals surface area contributed by atoms with Gasteiger partial charge in [0.15, 0.2) is 0 Å². The molecule has 5 atom stereocenters. The summed E-state index contributed by atoms with van der Waals surface area (Å²) in [6.45, 7) is 17.8. The molecule has 9 heteroatoms. The molecule has 3 aliphatic heterocycles. The zero-order valence-corrected chi connectivity index (χ0v) is 30.4. The summed E-state index contributed by atoms with van der Waals surface area (Å²) in [5.74, 6) is -1.36. The SMILES string of the molecule is C=CCN(Cc1ccccc1)C(=O)[C@H]1[C@H]2C(=O)N(CCCCCCO)C(C(=O)N(CC=C)c3ccc(N(CC)CC)cc3)C23CC[C@]1(C)S3. The Morgan fingerprint density at radius 1 is 0.918 bits per heavy atom. The van der Waals surface area contributed by atoms with Crippen LogP contribution in [0.25, 0.3) is 0 Å². The minimum Gasteiger partial charge on any atom is -0.396 e. The van der Waals surface area contributed by atoms with E-state index in [9.17, 15) is 14.7 Å². The predicted molar refractivity (Wildman–Crippen MR) is 201 cm³/mol. The summed E-state index contributed by atoms with van der Waals surface area (Å²) >= 11 is 1.72. The quantitative estimate of drug-likeness (QED) is 0.146. The highest BCUT2D eigenvalue weighted by Gasteiger charge is 2.77. The second-order valence-corrected chi connectivity index (χ2v) is 15.7. The van der Waals surface area contributed by atoms with Crippen molar-refractivity contribution in [2.24, 2.45) is 11.8 Å². The topological polar surface area (TPSA) is 84.4 Å². The summed E-state index contributed by atoms with van der Waals surface area (Å²) < 4.78 is -1.17. The Bertz CT molecular complexity index is 1480. The van der Waals surface area contributed by atoms with E-state index in [2.05, 4.69) is 51.0 Å². The minimum atomic E-state index is -0.707. The van der Waals surface area contributed by atoms with Crippen molar-refractivity contribution in [3.05, 3.63) is 85.5 Å². The van der Waals surface area contributed by atoms with Crippen LogP contribution in [0.5, 0.6) is 0 Å². The molecule has 264 valence electrons. The van der Waals surface area contributed by atoms with Crippen molar-refractivity contribution in [2.75, 3.05) is 49.1 Å². The second-order valence-electron chi connectivity index (χ2n) is 13.8. The van der Waals surface area contributed by atoms with Crippen LogP contribution in [0.2, 0.25) is 0 Å². The number of likely N-dealkylation sites (tertiary alicyclic amines) is 1. The summed E-state index contributed by atoms with van der Waals surface area (Å²) in [5, 5.41) is 9.32. The van der Waals surface area contributed by atoms with Gasteiger partial charge in [0.2, 0.25) is 11.8 Å². The number of unbranched alkanes of at least 4 members (excludes halogenated alkanes) is 3. The first-order valence-electron chi connectivity index (χ1n) is 18.0. The van der Waals surface area contributed by atoms with Crippen molar-refractivity contribution < 1.29 is 19.5 Å². The van der Waals surface area contributed by atoms with Crippen LogP contribution in [0.1, 0.15) is 64.9 Å². The lowest BCUT2D eigenvalue weighted by molar-refractivity contribution is -0.145. The first kappa shape index (κ1) is 36.7. The van der Waals surface area contributed by atoms with E-state index < -0.39 is 27.4 Å². The molecular formula is C40H54N4O4S. The van der Waals surface area contributed by atoms with Crippen molar-refractivity contribution >= 4 is 40.9 Å². The number of amides is 3. The van der Waals surface area contributed by atoms with Gasteiger partial charge in [-0.05, 0) is 76.3 Å². The molecule has 0 aromatic heterocycles. The van der Waals surface area contributed by atoms with Crippen molar-refractivity contribution in [1.82, 2.24) is 9.80 Å². The summed E-state index contributed by atoms with van der Waals surface area (Å²) in [6, 6.07) is 17.3. The number of anilines is 2. The van der Waals surface area contributed by atoms with E-state index in [4.69, 9.17) is 0 Å². The molecule has 0 aliphatic carbocycles. The van der Waals surface area contributed by atoms with Gasteiger partial charge < -0.3 is 24.7 Å². The Balaban J connectivity index is 1.52. The van der Waals surface area contributed by atoms with Crippen LogP contribution >= 0.6 is 11.8 Å². The number of hydrogen-bond acceptors (Lipinski definition) is 6. The Morgan fingerprint density at radius 3 is 2.20 bits per heavy atom. The minimum absolute atomic E-state index is 0.0374. The Morgan fingerprint density at radius 2 is 1.57 bits per heavy atom. The zero-order valence-electron chi connectivity index (χ0n) is 29.6. The third-order valence-electron chi connectivity index (χ3n) is 10.8. The largest absolute Gasteiger partial charge is 0.396 e. The highest BCUT2D eigenvalue weighted by atomic mass is 32.2. The lowest BCUT2D eigenvalue weighted by atomic mass is 9.66. The van der Waals surface area contributed by atoms with Gasteiger partial charge in [0.25, 0.3) is 5.91 Å². The summed E-state index contributed by atoms with van der Waals surface area (Å²) in [6.07, 6.45) is 8.11. The molecule has 0 radical (unpaired) electrons. The molecular weight excluding hydrogens is 633 g/mol. The standard InChI is InChI=1S/C40H54N4O4S/c1-6-25-42(29-30-17-13-12-14-18-30)36(46)33-34-37(47)44(27-15-10-11-16-28-45)35(40(34)24-23-39(33,5)49-40)38(48)43(26-7-2)32-21-19-31(20-22-32)41(8-3)9-4/h6-7,12-14,17-22,33-35,45H,1-2,8-11,15-16,23-29H2,3-5H3/t33-,34+,35?,39+,40?/m1/s1. The van der Waals surface area contributed by atoms with Gasteiger partial charge in [-0.3, -0.25) is 14.4 Å². The van der Waals surface area contributed by atoms with Crippen molar-refractivity contribution in [2.45, 2.75) is 81.4 Å². The molecule has 49 heavy (non-hydrogen) atoms. The van der Waals surface area contributed by atoms with E-state index in [1.165, 1.54) is 0 Å². The average Bonchev–Trinajstić information content (AvgIpc) is 3.68. The number of aliphatic hydroxyl groups is 1. The number of fused-ring (bicyclic) bond motifs is 1. The zero-order chi connectivity index (χ0) is 35.2. The highest BCUT2D eigenvalue weighted by molar-refractivity contribution is 8.02. The van der Waals surface area contributed by atoms with Gasteiger partial charge in [0.05, 0.1) is 16.6 Å². The maximum absolute atomic E-state index is 15.1. The molecule has 3 aliphatic rings. The molecule has 3 fully saturated rings. The molecule has 1 spiro atoms. The van der Waals surface area contributed by atoms with Crippen LogP contribution < -0.4 is 9.80 Å². The van der Waals surface area contributed by atoms with E-state index in [1.54, 1.807) is 28.8 Å². The van der Waals surface area contributed by atoms with Gasteiger partial charge in [0, 0.05) is 62.0 Å². The van der Waals surface area contributed by atoms with Crippen molar-refractivity contribution in [3.8, 4) is 0 Å². The van der Waals surface area contributed by atoms with E-state index in [0.717, 1.165) is 55.7 Å². The molecule has 3 amide bonds. The fraction of sp³-hybridized carbons (Fsp3) is 0.525. The van der Waals surface area contributed by atoms with E-state index in [0.29, 0.717) is 39.0 Å². The van der Waals surface area contributed by atoms with Crippen LogP contribution in [-0.2, 0) is 20.9 Å². The first-order valence-corrected chi connectivity index (χ1v) is 18.8. The van der Waals surface area contributed by atoms with Gasteiger partial charge in [-0.15, -0.1) is 24.9 Å². The molecule has 1 N–H and O–H groups in total. The average molecular weight is 687 g/mol. The van der Waals surface area contributed by atoms with Gasteiger partial charge >= 0.3 is 0 Å². The molecule has 8 nitrogen and oxygen atoms in total. The summed E-state index contributed by atoms with van der Waals surface area (Å²) in [5.41, 5.74) is 2.89. The summed E-state index contributed by atoms with van der Waals surface area (Å²) in [7, 11) is 0. The van der Waals surface area contributed by atoms with Crippen molar-refractivity contribution in [1.29, 1.82) is 0 Å². The van der Waals surface area contributed by atoms with E-state index in [-0.39, 0.29) is 24.3 Å². The molecule has 2 aromatic carbocycles. The maximum Gasteiger partial charge on any atom is 0.251 e. The normalized spacial score (nSPS) is 25.3. The van der Waals surface area contributed by atoms with Crippen LogP contribution in [0.15, 0.2) is 79.9 Å². The van der Waals surface area contributed by atoms with Gasteiger partial charge in [-0.25, -0.2) is 0 Å². The molecule has 3 saturated heterocycles. The number of hydrogen-bond donors (Lipinski definition) is 1. The molecule has 2 aromatic rings. The lowest BCUT2D eigenvalue weighted by Gasteiger charge is -2.38. The molecule has 2 bridgehead atoms. The van der Waals surface area contributed by atoms with Crippen LogP contribution in [0.3, 0.4) is 0 Å². The fourth-order valence-electron chi connectivity index (χ4n) is 8.49. The molecule has 3 heterocycles. The summed E-state index contributed by atoms with van der Waals surface area (Å²) in [4.78, 5) is 52.2. The number of carbonyl (C=O) groups is 3. The second kappa shape index (κ2) is 16.0. The van der Waals surface area contributed by atoms with E-state index in [1.807, 2.05) is 52.3 Å². The van der Waals surface area contributed by atoms with Crippen LogP contribution in [0.4, 0.5) is 11.4 Å². The van der Waals surface area contributed by atoms with Crippen LogP contribution in [0, 0.1) is 11.8 Å².